The number of rotatable bonds is 2. The minimum Gasteiger partial charge on any atom is -0.456 e. The molecule has 2 aromatic heterocycles. The van der Waals surface area contributed by atoms with Gasteiger partial charge in [0.05, 0.1) is 11.7 Å². The summed E-state index contributed by atoms with van der Waals surface area (Å²) >= 11 is 0. The number of nitrogens with zero attached hydrogens (tertiary/aromatic N) is 3. The fourth-order valence-electron chi connectivity index (χ4n) is 2.83. The number of hydrogen-bond acceptors (Lipinski definition) is 5. The number of aromatic nitrogens is 2. The van der Waals surface area contributed by atoms with E-state index in [0.717, 1.165) is 31.5 Å². The molecule has 1 N–H and O–H groups in total. The highest BCUT2D eigenvalue weighted by Crippen LogP contribution is 2.28. The molecule has 0 aliphatic carbocycles. The Morgan fingerprint density at radius 2 is 1.87 bits per heavy atom. The molecule has 0 bridgehead atoms. The molecule has 1 aliphatic heterocycles. The molecule has 0 atom stereocenters. The average Bonchev–Trinajstić information content (AvgIpc) is 2.99. The van der Waals surface area contributed by atoms with E-state index in [9.17, 15) is 9.50 Å². The second-order valence-electron chi connectivity index (χ2n) is 5.78. The number of aliphatic hydroxyl groups excluding tert-OH is 1. The first-order valence-corrected chi connectivity index (χ1v) is 7.63. The van der Waals surface area contributed by atoms with Gasteiger partial charge in [0.25, 0.3) is 0 Å². The largest absolute Gasteiger partial charge is 0.456 e. The van der Waals surface area contributed by atoms with Crippen LogP contribution in [0.2, 0.25) is 0 Å². The zero-order chi connectivity index (χ0) is 15.8. The summed E-state index contributed by atoms with van der Waals surface area (Å²) in [5, 5.41) is 10.3. The summed E-state index contributed by atoms with van der Waals surface area (Å²) in [6, 6.07) is 6.22. The van der Waals surface area contributed by atoms with Gasteiger partial charge in [0.15, 0.2) is 0 Å². The number of furan rings is 1. The van der Waals surface area contributed by atoms with Crippen molar-refractivity contribution in [3.05, 3.63) is 42.5 Å². The molecule has 3 heterocycles. The van der Waals surface area contributed by atoms with Crippen LogP contribution in [0.15, 0.2) is 41.1 Å². The van der Waals surface area contributed by atoms with Gasteiger partial charge >= 0.3 is 0 Å². The summed E-state index contributed by atoms with van der Waals surface area (Å²) in [5.74, 6) is 0.984. The molecule has 1 saturated heterocycles. The summed E-state index contributed by atoms with van der Waals surface area (Å²) in [7, 11) is 0. The van der Waals surface area contributed by atoms with Crippen molar-refractivity contribution in [1.29, 1.82) is 0 Å². The maximum Gasteiger partial charge on any atom is 0.225 e. The quantitative estimate of drug-likeness (QED) is 0.788. The monoisotopic (exact) mass is 313 g/mol. The van der Waals surface area contributed by atoms with E-state index in [2.05, 4.69) is 14.9 Å². The molecule has 1 aromatic carbocycles. The molecule has 6 heteroatoms. The highest BCUT2D eigenvalue weighted by Gasteiger charge is 2.19. The van der Waals surface area contributed by atoms with Crippen molar-refractivity contribution in [3.63, 3.8) is 0 Å². The van der Waals surface area contributed by atoms with Gasteiger partial charge in [-0.1, -0.05) is 0 Å². The lowest BCUT2D eigenvalue weighted by molar-refractivity contribution is 0.145. The van der Waals surface area contributed by atoms with Crippen molar-refractivity contribution in [2.24, 2.45) is 0 Å². The van der Waals surface area contributed by atoms with Crippen LogP contribution in [0.4, 0.5) is 10.3 Å². The third-order valence-electron chi connectivity index (χ3n) is 4.15. The summed E-state index contributed by atoms with van der Waals surface area (Å²) in [4.78, 5) is 10.8. The Morgan fingerprint density at radius 1 is 1.13 bits per heavy atom. The number of halogens is 1. The van der Waals surface area contributed by atoms with Crippen molar-refractivity contribution in [3.8, 4) is 11.3 Å². The zero-order valence-corrected chi connectivity index (χ0v) is 12.4. The normalized spacial score (nSPS) is 16.2. The fourth-order valence-corrected chi connectivity index (χ4v) is 2.83. The van der Waals surface area contributed by atoms with E-state index in [1.165, 1.54) is 12.1 Å². The molecule has 0 unspecified atom stereocenters. The minimum absolute atomic E-state index is 0.221. The Hall–Kier alpha value is -2.47. The molecular formula is C17H16FN3O2. The molecule has 23 heavy (non-hydrogen) atoms. The van der Waals surface area contributed by atoms with Crippen LogP contribution in [0.25, 0.3) is 22.3 Å². The molecular weight excluding hydrogens is 297 g/mol. The van der Waals surface area contributed by atoms with Gasteiger partial charge in [0.2, 0.25) is 5.95 Å². The lowest BCUT2D eigenvalue weighted by atomic mass is 10.1. The Balaban J connectivity index is 1.59. The molecule has 0 spiro atoms. The number of benzene rings is 1. The fraction of sp³-hybridized carbons (Fsp3) is 0.294. The molecule has 4 rings (SSSR count). The Morgan fingerprint density at radius 3 is 2.61 bits per heavy atom. The molecule has 5 nitrogen and oxygen atoms in total. The van der Waals surface area contributed by atoms with Gasteiger partial charge in [0.1, 0.15) is 17.2 Å². The van der Waals surface area contributed by atoms with Gasteiger partial charge in [-0.3, -0.25) is 0 Å². The first kappa shape index (κ1) is 14.1. The summed E-state index contributed by atoms with van der Waals surface area (Å²) < 4.78 is 19.0. The second kappa shape index (κ2) is 5.62. The minimum atomic E-state index is -0.288. The standard InChI is InChI=1S/C17H16FN3O2/c18-13-1-2-15-11(7-13)8-16(23-15)12-9-19-17(20-10-12)21-5-3-14(22)4-6-21/h1-2,7-10,14,22H,3-6H2. The highest BCUT2D eigenvalue weighted by atomic mass is 19.1. The average molecular weight is 313 g/mol. The zero-order valence-electron chi connectivity index (χ0n) is 12.4. The molecule has 118 valence electrons. The van der Waals surface area contributed by atoms with Crippen LogP contribution in [-0.4, -0.2) is 34.3 Å². The lowest BCUT2D eigenvalue weighted by Crippen LogP contribution is -2.36. The van der Waals surface area contributed by atoms with Crippen LogP contribution in [0.5, 0.6) is 0 Å². The predicted octanol–water partition coefficient (Wildman–Crippen LogP) is 2.99. The van der Waals surface area contributed by atoms with Crippen LogP contribution in [0.1, 0.15) is 12.8 Å². The topological polar surface area (TPSA) is 62.4 Å². The first-order chi connectivity index (χ1) is 11.2. The number of piperidine rings is 1. The number of fused-ring (bicyclic) bond motifs is 1. The molecule has 0 saturated carbocycles. The van der Waals surface area contributed by atoms with Crippen molar-refractivity contribution < 1.29 is 13.9 Å². The lowest BCUT2D eigenvalue weighted by Gasteiger charge is -2.29. The smallest absolute Gasteiger partial charge is 0.225 e. The molecule has 1 fully saturated rings. The van der Waals surface area contributed by atoms with Crippen LogP contribution in [-0.2, 0) is 0 Å². The van der Waals surface area contributed by atoms with Gasteiger partial charge < -0.3 is 14.4 Å². The maximum absolute atomic E-state index is 13.2. The van der Waals surface area contributed by atoms with Crippen LogP contribution < -0.4 is 4.90 Å². The Labute approximate surface area is 132 Å². The second-order valence-corrected chi connectivity index (χ2v) is 5.78. The van der Waals surface area contributed by atoms with E-state index in [0.29, 0.717) is 22.7 Å². The summed E-state index contributed by atoms with van der Waals surface area (Å²) in [6.07, 6.45) is 4.67. The van der Waals surface area contributed by atoms with Crippen molar-refractivity contribution in [2.75, 3.05) is 18.0 Å². The highest BCUT2D eigenvalue weighted by molar-refractivity contribution is 5.82. The van der Waals surface area contributed by atoms with Crippen molar-refractivity contribution in [1.82, 2.24) is 9.97 Å². The van der Waals surface area contributed by atoms with E-state index in [-0.39, 0.29) is 11.9 Å². The summed E-state index contributed by atoms with van der Waals surface area (Å²) in [5.41, 5.74) is 1.39. The van der Waals surface area contributed by atoms with E-state index >= 15 is 0 Å². The van der Waals surface area contributed by atoms with Gasteiger partial charge in [-0.15, -0.1) is 0 Å². The first-order valence-electron chi connectivity index (χ1n) is 7.63. The molecule has 3 aromatic rings. The van der Waals surface area contributed by atoms with Gasteiger partial charge in [-0.25, -0.2) is 14.4 Å². The van der Waals surface area contributed by atoms with Crippen molar-refractivity contribution in [2.45, 2.75) is 18.9 Å². The van der Waals surface area contributed by atoms with Crippen LogP contribution in [0.3, 0.4) is 0 Å². The number of anilines is 1. The van der Waals surface area contributed by atoms with Crippen LogP contribution >= 0.6 is 0 Å². The van der Waals surface area contributed by atoms with Crippen LogP contribution in [0, 0.1) is 5.82 Å². The summed E-state index contributed by atoms with van der Waals surface area (Å²) in [6.45, 7) is 1.51. The van der Waals surface area contributed by atoms with E-state index < -0.39 is 0 Å². The molecule has 0 radical (unpaired) electrons. The number of aliphatic hydroxyl groups is 1. The SMILES string of the molecule is OC1CCN(c2ncc(-c3cc4cc(F)ccc4o3)cn2)CC1. The van der Waals surface area contributed by atoms with E-state index in [1.807, 2.05) is 0 Å². The number of hydrogen-bond donors (Lipinski definition) is 1. The van der Waals surface area contributed by atoms with Gasteiger partial charge in [0, 0.05) is 30.9 Å². The van der Waals surface area contributed by atoms with E-state index in [4.69, 9.17) is 4.42 Å². The Bertz CT molecular complexity index is 823. The predicted molar refractivity (Wildman–Crippen MR) is 84.7 cm³/mol. The maximum atomic E-state index is 13.2. The van der Waals surface area contributed by atoms with Gasteiger partial charge in [-0.2, -0.15) is 0 Å². The Kier molecular flexibility index (Phi) is 3.46. The molecule has 0 amide bonds. The third kappa shape index (κ3) is 2.77. The third-order valence-corrected chi connectivity index (χ3v) is 4.15. The van der Waals surface area contributed by atoms with Gasteiger partial charge in [-0.05, 0) is 37.1 Å². The molecule has 1 aliphatic rings. The van der Waals surface area contributed by atoms with Crippen molar-refractivity contribution >= 4 is 16.9 Å². The van der Waals surface area contributed by atoms with E-state index in [1.54, 1.807) is 24.5 Å².